The summed E-state index contributed by atoms with van der Waals surface area (Å²) < 4.78 is 40.5. The molecule has 0 heterocycles. The number of ether oxygens (including phenoxy) is 2. The predicted molar refractivity (Wildman–Crippen MR) is 123 cm³/mol. The van der Waals surface area contributed by atoms with Crippen LogP contribution in [-0.4, -0.2) is 48.9 Å². The fourth-order valence-corrected chi connectivity index (χ4v) is 3.25. The summed E-state index contributed by atoms with van der Waals surface area (Å²) in [6.45, 7) is 5.82. The van der Waals surface area contributed by atoms with Crippen LogP contribution in [0.25, 0.3) is 0 Å². The van der Waals surface area contributed by atoms with Gasteiger partial charge in [-0.05, 0) is 38.5 Å². The third-order valence-corrected chi connectivity index (χ3v) is 5.12. The molecular formula is C24H30F2N4O4. The van der Waals surface area contributed by atoms with Gasteiger partial charge in [0.25, 0.3) is 11.8 Å². The van der Waals surface area contributed by atoms with Gasteiger partial charge < -0.3 is 25.4 Å². The van der Waals surface area contributed by atoms with Crippen molar-refractivity contribution in [1.82, 2.24) is 10.2 Å². The summed E-state index contributed by atoms with van der Waals surface area (Å²) in [6.07, 6.45) is -1.57. The number of nitrogen functional groups attached to an aromatic ring is 1. The number of rotatable bonds is 12. The lowest BCUT2D eigenvalue weighted by Crippen LogP contribution is -2.34. The van der Waals surface area contributed by atoms with E-state index in [-0.39, 0.29) is 30.6 Å². The van der Waals surface area contributed by atoms with Crippen molar-refractivity contribution < 1.29 is 27.8 Å². The van der Waals surface area contributed by atoms with E-state index in [1.54, 1.807) is 45.0 Å². The van der Waals surface area contributed by atoms with Gasteiger partial charge >= 0.3 is 0 Å². The van der Waals surface area contributed by atoms with Gasteiger partial charge in [-0.1, -0.05) is 24.3 Å². The molecule has 2 rings (SSSR count). The summed E-state index contributed by atoms with van der Waals surface area (Å²) in [7, 11) is 0. The number of carbonyl (C=O) groups is 2. The molecule has 2 aromatic carbocycles. The fraction of sp³-hybridized carbons (Fsp3) is 0.375. The minimum absolute atomic E-state index is 0.0236. The molecule has 1 atom stereocenters. The Morgan fingerprint density at radius 2 is 1.74 bits per heavy atom. The normalized spacial score (nSPS) is 11.6. The first-order valence-corrected chi connectivity index (χ1v) is 10.9. The van der Waals surface area contributed by atoms with Gasteiger partial charge in [0.1, 0.15) is 11.7 Å². The third kappa shape index (κ3) is 6.74. The lowest BCUT2D eigenvalue weighted by Gasteiger charge is -2.21. The van der Waals surface area contributed by atoms with E-state index in [1.165, 1.54) is 4.90 Å². The van der Waals surface area contributed by atoms with Crippen LogP contribution >= 0.6 is 0 Å². The maximum absolute atomic E-state index is 15.2. The number of nitrogens with two attached hydrogens (primary N) is 1. The molecule has 2 amide bonds. The summed E-state index contributed by atoms with van der Waals surface area (Å²) in [5, 5.41) is 10.0. The lowest BCUT2D eigenvalue weighted by molar-refractivity contribution is -0.134. The van der Waals surface area contributed by atoms with Gasteiger partial charge in [0, 0.05) is 31.8 Å². The Hall–Kier alpha value is -3.53. The van der Waals surface area contributed by atoms with Gasteiger partial charge in [-0.2, -0.15) is 0 Å². The molecule has 8 nitrogen and oxygen atoms in total. The minimum Gasteiger partial charge on any atom is -0.481 e. The zero-order valence-corrected chi connectivity index (χ0v) is 19.5. The number of nitrogens with one attached hydrogen (secondary N) is 2. The molecule has 1 unspecified atom stereocenters. The third-order valence-electron chi connectivity index (χ3n) is 5.12. The summed E-state index contributed by atoms with van der Waals surface area (Å²) in [5.74, 6) is -3.60. The monoisotopic (exact) mass is 476 g/mol. The molecule has 0 aliphatic carbocycles. The first kappa shape index (κ1) is 26.7. The van der Waals surface area contributed by atoms with Gasteiger partial charge in [-0.15, -0.1) is 0 Å². The van der Waals surface area contributed by atoms with Crippen molar-refractivity contribution in [3.05, 3.63) is 64.7 Å². The molecule has 4 N–H and O–H groups in total. The largest absolute Gasteiger partial charge is 0.481 e. The second kappa shape index (κ2) is 12.6. The molecule has 0 saturated heterocycles. The van der Waals surface area contributed by atoms with Crippen molar-refractivity contribution in [1.29, 1.82) is 5.41 Å². The quantitative estimate of drug-likeness (QED) is 0.322. The molecule has 0 saturated carbocycles. The van der Waals surface area contributed by atoms with Crippen LogP contribution in [0.15, 0.2) is 36.4 Å². The zero-order chi connectivity index (χ0) is 25.3. The van der Waals surface area contributed by atoms with Crippen LogP contribution in [0, 0.1) is 17.0 Å². The summed E-state index contributed by atoms with van der Waals surface area (Å²) in [4.78, 5) is 26.5. The summed E-state index contributed by atoms with van der Waals surface area (Å²) >= 11 is 0. The van der Waals surface area contributed by atoms with E-state index in [4.69, 9.17) is 20.6 Å². The number of halogens is 2. The Morgan fingerprint density at radius 3 is 2.29 bits per heavy atom. The van der Waals surface area contributed by atoms with Gasteiger partial charge in [0.2, 0.25) is 0 Å². The molecule has 10 heteroatoms. The van der Waals surface area contributed by atoms with Gasteiger partial charge in [0.05, 0.1) is 5.56 Å². The van der Waals surface area contributed by atoms with Crippen LogP contribution in [0.4, 0.5) is 8.78 Å². The molecule has 0 fully saturated rings. The molecule has 0 aliphatic rings. The zero-order valence-electron chi connectivity index (χ0n) is 19.5. The topological polar surface area (TPSA) is 118 Å². The van der Waals surface area contributed by atoms with Crippen molar-refractivity contribution in [2.75, 3.05) is 26.3 Å². The highest BCUT2D eigenvalue weighted by Gasteiger charge is 2.30. The number of hydrogen-bond donors (Lipinski definition) is 3. The highest BCUT2D eigenvalue weighted by atomic mass is 19.1. The summed E-state index contributed by atoms with van der Waals surface area (Å²) in [6, 6.07) is 8.65. The van der Waals surface area contributed by atoms with Crippen LogP contribution in [0.1, 0.15) is 43.6 Å². The molecule has 0 bridgehead atoms. The second-order valence-electron chi connectivity index (χ2n) is 7.29. The number of likely N-dealkylation sites (N-methyl/N-ethyl adjacent to an activating group) is 1. The Bertz CT molecular complexity index is 1010. The molecule has 0 aromatic heterocycles. The van der Waals surface area contributed by atoms with Crippen LogP contribution in [0.5, 0.6) is 5.75 Å². The van der Waals surface area contributed by atoms with Crippen molar-refractivity contribution >= 4 is 17.6 Å². The Kier molecular flexibility index (Phi) is 9.93. The molecule has 2 aromatic rings. The van der Waals surface area contributed by atoms with E-state index >= 15 is 4.39 Å². The molecule has 0 radical (unpaired) electrons. The molecule has 34 heavy (non-hydrogen) atoms. The number of nitrogens with zero attached hydrogens (tertiary/aromatic N) is 1. The van der Waals surface area contributed by atoms with Crippen molar-refractivity contribution in [2.45, 2.75) is 33.4 Å². The van der Waals surface area contributed by atoms with E-state index < -0.39 is 35.8 Å². The van der Waals surface area contributed by atoms with Crippen LogP contribution in [0.2, 0.25) is 0 Å². The van der Waals surface area contributed by atoms with Crippen molar-refractivity contribution in [3.63, 3.8) is 0 Å². The number of hydrogen-bond acceptors (Lipinski definition) is 5. The Morgan fingerprint density at radius 1 is 1.09 bits per heavy atom. The number of carbonyl (C=O) groups excluding carboxylic acids is 2. The Labute approximate surface area is 197 Å². The van der Waals surface area contributed by atoms with Crippen LogP contribution in [0.3, 0.4) is 0 Å². The van der Waals surface area contributed by atoms with Gasteiger partial charge in [-0.3, -0.25) is 15.0 Å². The van der Waals surface area contributed by atoms with E-state index in [0.717, 1.165) is 12.1 Å². The van der Waals surface area contributed by atoms with Gasteiger partial charge in [-0.25, -0.2) is 8.78 Å². The standard InChI is InChI=1S/C24H30F2N4O4/c1-4-30(5-2)19(31)14-34-18-12-11-17(25)20(21(18)26)22(33-6-3)24(32)29-13-15-7-9-16(10-8-15)23(27)28/h7-12,22H,4-6,13-14H2,1-3H3,(H3,27,28)(H,29,32). The fourth-order valence-electron chi connectivity index (χ4n) is 3.25. The number of amides is 2. The average Bonchev–Trinajstić information content (AvgIpc) is 2.82. The van der Waals surface area contributed by atoms with E-state index in [1.807, 2.05) is 0 Å². The highest BCUT2D eigenvalue weighted by molar-refractivity contribution is 5.94. The number of benzene rings is 2. The lowest BCUT2D eigenvalue weighted by atomic mass is 10.1. The maximum Gasteiger partial charge on any atom is 0.260 e. The van der Waals surface area contributed by atoms with Crippen LogP contribution in [-0.2, 0) is 20.9 Å². The molecule has 0 spiro atoms. The Balaban J connectivity index is 2.19. The average molecular weight is 477 g/mol. The van der Waals surface area contributed by atoms with Crippen molar-refractivity contribution in [3.8, 4) is 5.75 Å². The first-order chi connectivity index (χ1) is 16.2. The SMILES string of the molecule is CCOC(C(=O)NCc1ccc(C(=N)N)cc1)c1c(F)ccc(OCC(=O)N(CC)CC)c1F. The molecule has 0 aliphatic heterocycles. The second-order valence-corrected chi connectivity index (χ2v) is 7.29. The van der Waals surface area contributed by atoms with E-state index in [0.29, 0.717) is 24.2 Å². The highest BCUT2D eigenvalue weighted by Crippen LogP contribution is 2.30. The minimum atomic E-state index is -1.57. The summed E-state index contributed by atoms with van der Waals surface area (Å²) in [5.41, 5.74) is 6.05. The predicted octanol–water partition coefficient (Wildman–Crippen LogP) is 2.89. The molecule has 184 valence electrons. The van der Waals surface area contributed by atoms with Crippen molar-refractivity contribution in [2.24, 2.45) is 5.73 Å². The van der Waals surface area contributed by atoms with E-state index in [9.17, 15) is 14.0 Å². The maximum atomic E-state index is 15.2. The number of amidine groups is 1. The smallest absolute Gasteiger partial charge is 0.260 e. The first-order valence-electron chi connectivity index (χ1n) is 10.9. The van der Waals surface area contributed by atoms with Gasteiger partial charge in [0.15, 0.2) is 24.3 Å². The molecular weight excluding hydrogens is 446 g/mol. The van der Waals surface area contributed by atoms with Crippen LogP contribution < -0.4 is 15.8 Å². The van der Waals surface area contributed by atoms with E-state index in [2.05, 4.69) is 5.32 Å².